The number of halogens is 3. The van der Waals surface area contributed by atoms with Crippen LogP contribution in [0.5, 0.6) is 0 Å². The van der Waals surface area contributed by atoms with Crippen molar-refractivity contribution in [1.82, 2.24) is 4.31 Å². The zero-order valence-electron chi connectivity index (χ0n) is 11.1. The molecular weight excluding hydrogens is 385 g/mol. The fraction of sp³-hybridized carbons (Fsp3) is 0.538. The van der Waals surface area contributed by atoms with Crippen LogP contribution in [-0.2, 0) is 10.0 Å². The maximum absolute atomic E-state index is 12.8. The van der Waals surface area contributed by atoms with Gasteiger partial charge in [-0.25, -0.2) is 8.42 Å². The number of rotatable bonds is 4. The molecule has 0 unspecified atom stereocenters. The first-order chi connectivity index (χ1) is 9.37. The van der Waals surface area contributed by atoms with Crippen LogP contribution >= 0.6 is 39.1 Å². The van der Waals surface area contributed by atoms with E-state index in [1.165, 1.54) is 4.31 Å². The Labute approximate surface area is 138 Å². The van der Waals surface area contributed by atoms with E-state index in [-0.39, 0.29) is 21.0 Å². The minimum absolute atomic E-state index is 0.0118. The van der Waals surface area contributed by atoms with Gasteiger partial charge in [-0.1, -0.05) is 58.9 Å². The van der Waals surface area contributed by atoms with Gasteiger partial charge in [0.2, 0.25) is 10.0 Å². The molecule has 1 aromatic carbocycles. The molecule has 1 saturated carbocycles. The molecule has 0 bridgehead atoms. The minimum Gasteiger partial charge on any atom is -0.207 e. The molecule has 0 aliphatic heterocycles. The van der Waals surface area contributed by atoms with Gasteiger partial charge in [-0.05, 0) is 25.0 Å². The molecule has 0 aromatic heterocycles. The molecule has 112 valence electrons. The number of benzene rings is 1. The van der Waals surface area contributed by atoms with Crippen molar-refractivity contribution in [3.63, 3.8) is 0 Å². The van der Waals surface area contributed by atoms with Crippen molar-refractivity contribution in [2.45, 2.75) is 43.5 Å². The summed E-state index contributed by atoms with van der Waals surface area (Å²) >= 11 is 15.5. The molecule has 3 nitrogen and oxygen atoms in total. The van der Waals surface area contributed by atoms with E-state index in [1.807, 2.05) is 6.92 Å². The van der Waals surface area contributed by atoms with E-state index in [9.17, 15) is 8.42 Å². The average molecular weight is 401 g/mol. The molecule has 0 spiro atoms. The van der Waals surface area contributed by atoms with Gasteiger partial charge in [-0.2, -0.15) is 4.31 Å². The summed E-state index contributed by atoms with van der Waals surface area (Å²) in [4.78, 5) is 0.0118. The minimum atomic E-state index is -3.66. The largest absolute Gasteiger partial charge is 0.246 e. The molecule has 1 aliphatic carbocycles. The SMILES string of the molecule is CCN(C1CCCC1)S(=O)(=O)c1c(Cl)cc(Br)cc1Cl. The van der Waals surface area contributed by atoms with E-state index >= 15 is 0 Å². The fourth-order valence-corrected chi connectivity index (χ4v) is 6.29. The second kappa shape index (κ2) is 6.53. The molecule has 0 heterocycles. The molecule has 0 saturated heterocycles. The molecule has 0 N–H and O–H groups in total. The summed E-state index contributed by atoms with van der Waals surface area (Å²) in [5, 5.41) is 0.307. The van der Waals surface area contributed by atoms with E-state index in [1.54, 1.807) is 12.1 Å². The van der Waals surface area contributed by atoms with Crippen LogP contribution in [0.25, 0.3) is 0 Å². The molecular formula is C13H16BrCl2NO2S. The highest BCUT2D eigenvalue weighted by molar-refractivity contribution is 9.10. The lowest BCUT2D eigenvalue weighted by Crippen LogP contribution is -2.38. The molecule has 1 fully saturated rings. The van der Waals surface area contributed by atoms with E-state index in [0.29, 0.717) is 11.0 Å². The predicted molar refractivity (Wildman–Crippen MR) is 86.0 cm³/mol. The Morgan fingerprint density at radius 3 is 2.20 bits per heavy atom. The first-order valence-corrected chi connectivity index (χ1v) is 9.53. The van der Waals surface area contributed by atoms with Crippen molar-refractivity contribution < 1.29 is 8.42 Å². The van der Waals surface area contributed by atoms with E-state index in [2.05, 4.69) is 15.9 Å². The van der Waals surface area contributed by atoms with Gasteiger partial charge in [0, 0.05) is 17.1 Å². The predicted octanol–water partition coefficient (Wildman–Crippen LogP) is 4.71. The van der Waals surface area contributed by atoms with Crippen molar-refractivity contribution in [3.05, 3.63) is 26.7 Å². The van der Waals surface area contributed by atoms with Gasteiger partial charge in [-0.3, -0.25) is 0 Å². The van der Waals surface area contributed by atoms with E-state index in [4.69, 9.17) is 23.2 Å². The Hall–Kier alpha value is 0.190. The van der Waals surface area contributed by atoms with Crippen molar-refractivity contribution in [3.8, 4) is 0 Å². The number of sulfonamides is 1. The summed E-state index contributed by atoms with van der Waals surface area (Å²) in [6, 6.07) is 3.17. The first kappa shape index (κ1) is 16.6. The highest BCUT2D eigenvalue weighted by atomic mass is 79.9. The molecule has 0 atom stereocenters. The van der Waals surface area contributed by atoms with Crippen molar-refractivity contribution in [1.29, 1.82) is 0 Å². The van der Waals surface area contributed by atoms with Crippen molar-refractivity contribution in [2.24, 2.45) is 0 Å². The molecule has 2 rings (SSSR count). The summed E-state index contributed by atoms with van der Waals surface area (Å²) in [6.07, 6.45) is 3.94. The molecule has 0 radical (unpaired) electrons. The lowest BCUT2D eigenvalue weighted by Gasteiger charge is -2.27. The molecule has 1 aliphatic rings. The second-order valence-corrected chi connectivity index (χ2v) is 8.40. The smallest absolute Gasteiger partial charge is 0.207 e. The van der Waals surface area contributed by atoms with Gasteiger partial charge in [0.05, 0.1) is 10.0 Å². The Morgan fingerprint density at radius 2 is 1.75 bits per heavy atom. The average Bonchev–Trinajstić information content (AvgIpc) is 2.80. The quantitative estimate of drug-likeness (QED) is 0.733. The summed E-state index contributed by atoms with van der Waals surface area (Å²) in [5.74, 6) is 0. The van der Waals surface area contributed by atoms with Crippen molar-refractivity contribution >= 4 is 49.2 Å². The van der Waals surface area contributed by atoms with Crippen LogP contribution in [0.15, 0.2) is 21.5 Å². The highest BCUT2D eigenvalue weighted by Crippen LogP contribution is 2.37. The summed E-state index contributed by atoms with van der Waals surface area (Å²) in [7, 11) is -3.66. The lowest BCUT2D eigenvalue weighted by atomic mass is 10.2. The fourth-order valence-electron chi connectivity index (χ4n) is 2.71. The first-order valence-electron chi connectivity index (χ1n) is 6.54. The Kier molecular flexibility index (Phi) is 5.40. The molecule has 7 heteroatoms. The van der Waals surface area contributed by atoms with Crippen LogP contribution in [0, 0.1) is 0 Å². The van der Waals surface area contributed by atoms with Gasteiger partial charge in [0.25, 0.3) is 0 Å². The van der Waals surface area contributed by atoms with Gasteiger partial charge in [0.1, 0.15) is 4.90 Å². The number of hydrogen-bond donors (Lipinski definition) is 0. The number of hydrogen-bond acceptors (Lipinski definition) is 2. The van der Waals surface area contributed by atoms with Crippen molar-refractivity contribution in [2.75, 3.05) is 6.54 Å². The normalized spacial score (nSPS) is 17.1. The highest BCUT2D eigenvalue weighted by Gasteiger charge is 2.34. The third-order valence-corrected chi connectivity index (χ3v) is 6.98. The van der Waals surface area contributed by atoms with E-state index < -0.39 is 10.0 Å². The monoisotopic (exact) mass is 399 g/mol. The van der Waals surface area contributed by atoms with Gasteiger partial charge >= 0.3 is 0 Å². The van der Waals surface area contributed by atoms with Gasteiger partial charge < -0.3 is 0 Å². The maximum atomic E-state index is 12.8. The number of nitrogens with zero attached hydrogens (tertiary/aromatic N) is 1. The van der Waals surface area contributed by atoms with Crippen LogP contribution in [0.3, 0.4) is 0 Å². The standard InChI is InChI=1S/C13H16BrCl2NO2S/c1-2-17(10-5-3-4-6-10)20(18,19)13-11(15)7-9(14)8-12(13)16/h7-8,10H,2-6H2,1H3. The van der Waals surface area contributed by atoms with Gasteiger partial charge in [0.15, 0.2) is 0 Å². The zero-order valence-corrected chi connectivity index (χ0v) is 15.0. The van der Waals surface area contributed by atoms with Gasteiger partial charge in [-0.15, -0.1) is 0 Å². The van der Waals surface area contributed by atoms with Crippen LogP contribution in [0.2, 0.25) is 10.0 Å². The van der Waals surface area contributed by atoms with Crippen LogP contribution in [-0.4, -0.2) is 25.3 Å². The molecule has 1 aromatic rings. The summed E-state index contributed by atoms with van der Waals surface area (Å²) in [5.41, 5.74) is 0. The van der Waals surface area contributed by atoms with Crippen LogP contribution in [0.4, 0.5) is 0 Å². The zero-order chi connectivity index (χ0) is 14.9. The summed E-state index contributed by atoms with van der Waals surface area (Å²) in [6.45, 7) is 2.27. The van der Waals surface area contributed by atoms with E-state index in [0.717, 1.165) is 25.7 Å². The Bertz CT molecular complexity index is 577. The third-order valence-electron chi connectivity index (χ3n) is 3.57. The third kappa shape index (κ3) is 3.17. The second-order valence-electron chi connectivity index (χ2n) is 4.85. The Balaban J connectivity index is 2.48. The topological polar surface area (TPSA) is 37.4 Å². The molecule has 0 amide bonds. The van der Waals surface area contributed by atoms with Crippen LogP contribution < -0.4 is 0 Å². The lowest BCUT2D eigenvalue weighted by molar-refractivity contribution is 0.335. The maximum Gasteiger partial charge on any atom is 0.246 e. The molecule has 20 heavy (non-hydrogen) atoms. The Morgan fingerprint density at radius 1 is 1.25 bits per heavy atom. The summed E-state index contributed by atoms with van der Waals surface area (Å²) < 4.78 is 27.9. The van der Waals surface area contributed by atoms with Crippen LogP contribution in [0.1, 0.15) is 32.6 Å².